The lowest BCUT2D eigenvalue weighted by Crippen LogP contribution is -2.47. The Labute approximate surface area is 286 Å². The van der Waals surface area contributed by atoms with Gasteiger partial charge in [-0.15, -0.1) is 0 Å². The Morgan fingerprint density at radius 2 is 1.56 bits per heavy atom. The highest BCUT2D eigenvalue weighted by atomic mass is 16.3. The third kappa shape index (κ3) is 8.03. The molecule has 1 aliphatic heterocycles. The number of aryl methyl sites for hydroxylation is 3. The lowest BCUT2D eigenvalue weighted by atomic mass is 10.0. The zero-order valence-corrected chi connectivity index (χ0v) is 29.2. The molecule has 0 radical (unpaired) electrons. The zero-order valence-electron chi connectivity index (χ0n) is 29.2. The van der Waals surface area contributed by atoms with Crippen molar-refractivity contribution in [3.05, 3.63) is 132 Å². The van der Waals surface area contributed by atoms with Crippen molar-refractivity contribution in [1.82, 2.24) is 15.5 Å². The number of hydrogen-bond donors (Lipinski definition) is 3. The highest BCUT2D eigenvalue weighted by Crippen LogP contribution is 2.34. The number of piperazine rings is 1. The third-order valence-electron chi connectivity index (χ3n) is 8.75. The molecule has 7 heteroatoms. The number of para-hydroxylation sites is 1. The molecular formula is C41H50N6O. The molecule has 1 fully saturated rings. The molecule has 250 valence electrons. The molecule has 6 rings (SSSR count). The summed E-state index contributed by atoms with van der Waals surface area (Å²) in [6.07, 6.45) is 4.13. The summed E-state index contributed by atoms with van der Waals surface area (Å²) < 4.78 is 5.88. The highest BCUT2D eigenvalue weighted by molar-refractivity contribution is 5.84. The summed E-state index contributed by atoms with van der Waals surface area (Å²) in [7, 11) is 0. The number of nitrogens with one attached hydrogen (secondary N) is 3. The normalized spacial score (nSPS) is 12.7. The van der Waals surface area contributed by atoms with Gasteiger partial charge in [-0.1, -0.05) is 88.9 Å². The van der Waals surface area contributed by atoms with Crippen LogP contribution in [0.3, 0.4) is 0 Å². The standard InChI is InChI=1S/C39H44N6O.C2H6/c1-6-9-31-13-15-32(16-14-31)34-25-41-43-36(34)26-40-29(4)33-17-18-38(35(24-33)42-30(5)39-19-12-28(3)46-39)45-22-20-44(21-23-45)37-11-8-7-10-27(37)2;1-2/h7-8,10-19,24-25,40,42H,4-6,9,20-23,26H2,1-3H3,(H,41,43);1-2H3. The van der Waals surface area contributed by atoms with Gasteiger partial charge in [-0.05, 0) is 72.9 Å². The van der Waals surface area contributed by atoms with Gasteiger partial charge in [-0.25, -0.2) is 0 Å². The number of rotatable bonds is 12. The summed E-state index contributed by atoms with van der Waals surface area (Å²) in [5.41, 5.74) is 11.9. The van der Waals surface area contributed by atoms with Crippen molar-refractivity contribution in [1.29, 1.82) is 0 Å². The molecule has 0 aliphatic carbocycles. The number of anilines is 3. The Hall–Kier alpha value is -5.17. The van der Waals surface area contributed by atoms with Crippen LogP contribution in [0.2, 0.25) is 0 Å². The van der Waals surface area contributed by atoms with E-state index in [0.717, 1.165) is 95.7 Å². The molecule has 3 aromatic carbocycles. The molecule has 48 heavy (non-hydrogen) atoms. The minimum atomic E-state index is 0.578. The van der Waals surface area contributed by atoms with Gasteiger partial charge >= 0.3 is 0 Å². The number of H-pyrrole nitrogens is 1. The smallest absolute Gasteiger partial charge is 0.149 e. The van der Waals surface area contributed by atoms with E-state index < -0.39 is 0 Å². The Balaban J connectivity index is 0.00000221. The molecule has 0 bridgehead atoms. The minimum Gasteiger partial charge on any atom is -0.460 e. The first-order chi connectivity index (χ1) is 23.4. The highest BCUT2D eigenvalue weighted by Gasteiger charge is 2.22. The summed E-state index contributed by atoms with van der Waals surface area (Å²) in [5, 5.41) is 14.6. The van der Waals surface area contributed by atoms with E-state index in [1.807, 2.05) is 39.1 Å². The van der Waals surface area contributed by atoms with Crippen LogP contribution in [-0.2, 0) is 13.0 Å². The number of aromatic amines is 1. The second-order valence-electron chi connectivity index (χ2n) is 12.0. The maximum Gasteiger partial charge on any atom is 0.149 e. The molecular weight excluding hydrogens is 592 g/mol. The fourth-order valence-electron chi connectivity index (χ4n) is 6.16. The molecule has 1 saturated heterocycles. The Kier molecular flexibility index (Phi) is 11.5. The van der Waals surface area contributed by atoms with Crippen LogP contribution >= 0.6 is 0 Å². The molecule has 3 N–H and O–H groups in total. The number of furan rings is 1. The van der Waals surface area contributed by atoms with Gasteiger partial charge in [0.25, 0.3) is 0 Å². The number of aromatic nitrogens is 2. The van der Waals surface area contributed by atoms with Crippen molar-refractivity contribution in [2.45, 2.75) is 54.0 Å². The van der Waals surface area contributed by atoms with E-state index in [1.165, 1.54) is 16.8 Å². The second kappa shape index (κ2) is 16.1. The van der Waals surface area contributed by atoms with Gasteiger partial charge in [0.05, 0.1) is 35.5 Å². The first-order valence-corrected chi connectivity index (χ1v) is 17.2. The van der Waals surface area contributed by atoms with Crippen LogP contribution in [0.25, 0.3) is 22.5 Å². The topological polar surface area (TPSA) is 72.4 Å². The van der Waals surface area contributed by atoms with Crippen LogP contribution in [0.15, 0.2) is 103 Å². The zero-order chi connectivity index (χ0) is 34.0. The SMILES string of the molecule is C=C(NCc1[nH]ncc1-c1ccc(CCC)cc1)c1ccc(N2CCN(c3ccccc3C)CC2)c(NC(=C)c2ccc(C)o2)c1.CC. The van der Waals surface area contributed by atoms with Gasteiger partial charge in [-0.2, -0.15) is 5.10 Å². The maximum atomic E-state index is 5.88. The molecule has 0 atom stereocenters. The lowest BCUT2D eigenvalue weighted by molar-refractivity contribution is 0.522. The van der Waals surface area contributed by atoms with Gasteiger partial charge in [-0.3, -0.25) is 5.10 Å². The van der Waals surface area contributed by atoms with E-state index in [4.69, 9.17) is 4.42 Å². The third-order valence-corrected chi connectivity index (χ3v) is 8.75. The van der Waals surface area contributed by atoms with E-state index in [9.17, 15) is 0 Å². The molecule has 1 aliphatic rings. The van der Waals surface area contributed by atoms with Crippen molar-refractivity contribution >= 4 is 28.5 Å². The van der Waals surface area contributed by atoms with E-state index in [1.54, 1.807) is 0 Å². The average Bonchev–Trinajstić information content (AvgIpc) is 3.78. The Morgan fingerprint density at radius 3 is 2.23 bits per heavy atom. The van der Waals surface area contributed by atoms with Crippen LogP contribution in [0, 0.1) is 13.8 Å². The Bertz CT molecular complexity index is 1810. The van der Waals surface area contributed by atoms with Crippen LogP contribution < -0.4 is 20.4 Å². The average molecular weight is 643 g/mol. The van der Waals surface area contributed by atoms with Crippen LogP contribution in [0.1, 0.15) is 61.1 Å². The van der Waals surface area contributed by atoms with E-state index in [-0.39, 0.29) is 0 Å². The summed E-state index contributed by atoms with van der Waals surface area (Å²) >= 11 is 0. The van der Waals surface area contributed by atoms with Crippen molar-refractivity contribution in [2.75, 3.05) is 41.3 Å². The van der Waals surface area contributed by atoms with Gasteiger partial charge in [0.1, 0.15) is 11.5 Å². The van der Waals surface area contributed by atoms with Gasteiger partial charge in [0, 0.05) is 43.1 Å². The number of benzene rings is 3. The largest absolute Gasteiger partial charge is 0.460 e. The molecule has 0 amide bonds. The first-order valence-electron chi connectivity index (χ1n) is 17.2. The van der Waals surface area contributed by atoms with Crippen molar-refractivity contribution in [2.24, 2.45) is 0 Å². The minimum absolute atomic E-state index is 0.578. The molecule has 2 aromatic heterocycles. The monoisotopic (exact) mass is 642 g/mol. The predicted octanol–water partition coefficient (Wildman–Crippen LogP) is 9.44. The van der Waals surface area contributed by atoms with Crippen molar-refractivity contribution in [3.63, 3.8) is 0 Å². The molecule has 3 heterocycles. The van der Waals surface area contributed by atoms with Gasteiger partial charge < -0.3 is 24.9 Å². The number of hydrogen-bond acceptors (Lipinski definition) is 6. The fourth-order valence-corrected chi connectivity index (χ4v) is 6.16. The first kappa shape index (κ1) is 34.2. The summed E-state index contributed by atoms with van der Waals surface area (Å²) in [6.45, 7) is 23.3. The maximum absolute atomic E-state index is 5.88. The van der Waals surface area contributed by atoms with Gasteiger partial charge in [0.2, 0.25) is 0 Å². The van der Waals surface area contributed by atoms with E-state index in [0.29, 0.717) is 6.54 Å². The van der Waals surface area contributed by atoms with Crippen LogP contribution in [-0.4, -0.2) is 36.4 Å². The molecule has 0 unspecified atom stereocenters. The van der Waals surface area contributed by atoms with Crippen molar-refractivity contribution in [3.8, 4) is 11.1 Å². The Morgan fingerprint density at radius 1 is 0.854 bits per heavy atom. The van der Waals surface area contributed by atoms with E-state index >= 15 is 0 Å². The predicted molar refractivity (Wildman–Crippen MR) is 203 cm³/mol. The molecule has 0 saturated carbocycles. The summed E-state index contributed by atoms with van der Waals surface area (Å²) in [4.78, 5) is 4.92. The van der Waals surface area contributed by atoms with Crippen molar-refractivity contribution < 1.29 is 4.42 Å². The molecule has 7 nitrogen and oxygen atoms in total. The van der Waals surface area contributed by atoms with E-state index in [2.05, 4.69) is 124 Å². The molecule has 0 spiro atoms. The quantitative estimate of drug-likeness (QED) is 0.126. The van der Waals surface area contributed by atoms with Gasteiger partial charge in [0.15, 0.2) is 0 Å². The number of nitrogens with zero attached hydrogens (tertiary/aromatic N) is 3. The second-order valence-corrected chi connectivity index (χ2v) is 12.0. The summed E-state index contributed by atoms with van der Waals surface area (Å²) in [6, 6.07) is 27.8. The summed E-state index contributed by atoms with van der Waals surface area (Å²) in [5.74, 6) is 1.58. The molecule has 5 aromatic rings. The fraction of sp³-hybridized carbons (Fsp3) is 0.293. The van der Waals surface area contributed by atoms with Crippen LogP contribution in [0.4, 0.5) is 17.1 Å². The van der Waals surface area contributed by atoms with Crippen LogP contribution in [0.5, 0.6) is 0 Å². The lowest BCUT2D eigenvalue weighted by Gasteiger charge is -2.39.